The smallest absolute Gasteiger partial charge is 0.319 e. The summed E-state index contributed by atoms with van der Waals surface area (Å²) in [7, 11) is 0. The highest BCUT2D eigenvalue weighted by Crippen LogP contribution is 2.20. The molecule has 0 aliphatic carbocycles. The topological polar surface area (TPSA) is 77.8 Å². The number of carbonyl (C=O) groups excluding carboxylic acids is 1. The number of hydrogen-bond donors (Lipinski definition) is 2. The second kappa shape index (κ2) is 8.73. The zero-order valence-corrected chi connectivity index (χ0v) is 14.7. The van der Waals surface area contributed by atoms with Crippen LogP contribution < -0.4 is 10.6 Å². The average molecular weight is 378 g/mol. The van der Waals surface area contributed by atoms with E-state index < -0.39 is 17.9 Å². The van der Waals surface area contributed by atoms with Crippen LogP contribution in [-0.2, 0) is 6.42 Å². The maximum Gasteiger partial charge on any atom is 0.319 e. The molecule has 2 aromatic carbocycles. The van der Waals surface area contributed by atoms with E-state index in [-0.39, 0.29) is 17.9 Å². The molecular formula is C21H16F2N4O. The molecule has 0 bridgehead atoms. The minimum Gasteiger partial charge on any atom is -0.331 e. The summed E-state index contributed by atoms with van der Waals surface area (Å²) in [4.78, 5) is 16.3. The highest BCUT2D eigenvalue weighted by molar-refractivity contribution is 5.89. The molecule has 28 heavy (non-hydrogen) atoms. The zero-order valence-electron chi connectivity index (χ0n) is 14.7. The fourth-order valence-electron chi connectivity index (χ4n) is 2.73. The van der Waals surface area contributed by atoms with Crippen molar-refractivity contribution in [2.24, 2.45) is 0 Å². The lowest BCUT2D eigenvalue weighted by Crippen LogP contribution is -2.33. The third-order valence-corrected chi connectivity index (χ3v) is 4.02. The van der Waals surface area contributed by atoms with Gasteiger partial charge in [-0.15, -0.1) is 0 Å². The van der Waals surface area contributed by atoms with Gasteiger partial charge in [0.1, 0.15) is 23.4 Å². The van der Waals surface area contributed by atoms with E-state index >= 15 is 0 Å². The van der Waals surface area contributed by atoms with Crippen LogP contribution in [0.1, 0.15) is 22.9 Å². The van der Waals surface area contributed by atoms with E-state index in [1.54, 1.807) is 30.3 Å². The number of benzene rings is 2. The molecule has 5 nitrogen and oxygen atoms in total. The van der Waals surface area contributed by atoms with Crippen molar-refractivity contribution in [2.45, 2.75) is 12.5 Å². The van der Waals surface area contributed by atoms with E-state index in [9.17, 15) is 13.6 Å². The molecule has 1 heterocycles. The number of anilines is 1. The van der Waals surface area contributed by atoms with Crippen LogP contribution in [0.3, 0.4) is 0 Å². The third kappa shape index (κ3) is 5.11. The summed E-state index contributed by atoms with van der Waals surface area (Å²) in [5.74, 6) is -0.816. The first-order valence-electron chi connectivity index (χ1n) is 8.47. The van der Waals surface area contributed by atoms with E-state index in [1.807, 2.05) is 6.07 Å². The Kier molecular flexibility index (Phi) is 5.92. The second-order valence-corrected chi connectivity index (χ2v) is 6.08. The first-order chi connectivity index (χ1) is 13.5. The molecule has 0 aliphatic rings. The summed E-state index contributed by atoms with van der Waals surface area (Å²) >= 11 is 0. The van der Waals surface area contributed by atoms with Gasteiger partial charge in [0.25, 0.3) is 0 Å². The summed E-state index contributed by atoms with van der Waals surface area (Å²) in [5.41, 5.74) is 1.85. The molecule has 3 aromatic rings. The zero-order chi connectivity index (χ0) is 19.9. The number of aromatic nitrogens is 1. The monoisotopic (exact) mass is 378 g/mol. The number of nitrogens with one attached hydrogen (secondary N) is 2. The number of nitriles is 1. The molecule has 0 spiro atoms. The van der Waals surface area contributed by atoms with Crippen molar-refractivity contribution in [3.8, 4) is 6.07 Å². The number of urea groups is 1. The highest BCUT2D eigenvalue weighted by atomic mass is 19.1. The van der Waals surface area contributed by atoms with E-state index in [0.717, 1.165) is 0 Å². The molecule has 1 unspecified atom stereocenters. The average Bonchev–Trinajstić information content (AvgIpc) is 2.68. The molecule has 7 heteroatoms. The van der Waals surface area contributed by atoms with Crippen LogP contribution in [0.5, 0.6) is 0 Å². The lowest BCUT2D eigenvalue weighted by molar-refractivity contribution is 0.248. The summed E-state index contributed by atoms with van der Waals surface area (Å²) in [6, 6.07) is 15.7. The Hall–Kier alpha value is -3.79. The predicted octanol–water partition coefficient (Wildman–Crippen LogP) is 4.34. The Labute approximate surface area is 160 Å². The number of nitrogens with zero attached hydrogens (tertiary/aromatic N) is 2. The maximum atomic E-state index is 13.7. The largest absolute Gasteiger partial charge is 0.331 e. The molecule has 140 valence electrons. The van der Waals surface area contributed by atoms with Gasteiger partial charge in [-0.2, -0.15) is 5.26 Å². The molecule has 0 saturated carbocycles. The van der Waals surface area contributed by atoms with E-state index in [0.29, 0.717) is 16.8 Å². The minimum atomic E-state index is -0.580. The Morgan fingerprint density at radius 2 is 1.82 bits per heavy atom. The van der Waals surface area contributed by atoms with Gasteiger partial charge >= 0.3 is 6.03 Å². The van der Waals surface area contributed by atoms with Crippen molar-refractivity contribution in [3.63, 3.8) is 0 Å². The minimum absolute atomic E-state index is 0.231. The molecule has 2 amide bonds. The summed E-state index contributed by atoms with van der Waals surface area (Å²) in [6.45, 7) is 0. The van der Waals surface area contributed by atoms with Gasteiger partial charge in [0.05, 0.1) is 17.9 Å². The molecule has 2 N–H and O–H groups in total. The SMILES string of the molecule is N#Cc1ccc(NC(=O)NC(Cc2cccc(F)c2)c2cccc(F)c2)cn1. The van der Waals surface area contributed by atoms with Crippen molar-refractivity contribution >= 4 is 11.7 Å². The fraction of sp³-hybridized carbons (Fsp3) is 0.0952. The number of carbonyl (C=O) groups is 1. The molecule has 1 aromatic heterocycles. The second-order valence-electron chi connectivity index (χ2n) is 6.08. The molecule has 0 radical (unpaired) electrons. The summed E-state index contributed by atoms with van der Waals surface area (Å²) in [5, 5.41) is 14.2. The number of rotatable bonds is 5. The van der Waals surface area contributed by atoms with Gasteiger partial charge in [0.15, 0.2) is 0 Å². The number of pyridine rings is 1. The van der Waals surface area contributed by atoms with Crippen LogP contribution in [0, 0.1) is 23.0 Å². The standard InChI is InChI=1S/C21H16F2N4O/c22-16-5-1-3-14(9-16)10-20(15-4-2-6-17(23)11-15)27-21(28)26-19-8-7-18(12-24)25-13-19/h1-9,11,13,20H,10H2,(H2,26,27,28). The molecule has 3 rings (SSSR count). The third-order valence-electron chi connectivity index (χ3n) is 4.02. The van der Waals surface area contributed by atoms with Crippen LogP contribution >= 0.6 is 0 Å². The summed E-state index contributed by atoms with van der Waals surface area (Å²) in [6.07, 6.45) is 1.64. The Morgan fingerprint density at radius 1 is 1.07 bits per heavy atom. The summed E-state index contributed by atoms with van der Waals surface area (Å²) < 4.78 is 27.2. The molecular weight excluding hydrogens is 362 g/mol. The van der Waals surface area contributed by atoms with Gasteiger partial charge < -0.3 is 10.6 Å². The Morgan fingerprint density at radius 3 is 2.46 bits per heavy atom. The number of halogens is 2. The van der Waals surface area contributed by atoms with Crippen LogP contribution in [-0.4, -0.2) is 11.0 Å². The highest BCUT2D eigenvalue weighted by Gasteiger charge is 2.17. The van der Waals surface area contributed by atoms with Crippen molar-refractivity contribution in [2.75, 3.05) is 5.32 Å². The van der Waals surface area contributed by atoms with Crippen LogP contribution in [0.4, 0.5) is 19.3 Å². The van der Waals surface area contributed by atoms with Gasteiger partial charge in [-0.3, -0.25) is 0 Å². The normalized spacial score (nSPS) is 11.3. The van der Waals surface area contributed by atoms with Gasteiger partial charge in [-0.05, 0) is 53.9 Å². The van der Waals surface area contributed by atoms with Crippen LogP contribution in [0.25, 0.3) is 0 Å². The lowest BCUT2D eigenvalue weighted by Gasteiger charge is -2.20. The Bertz CT molecular complexity index is 1020. The van der Waals surface area contributed by atoms with Gasteiger partial charge in [0.2, 0.25) is 0 Å². The first-order valence-corrected chi connectivity index (χ1v) is 8.47. The number of hydrogen-bond acceptors (Lipinski definition) is 3. The van der Waals surface area contributed by atoms with Crippen molar-refractivity contribution in [1.29, 1.82) is 5.26 Å². The first kappa shape index (κ1) is 19.0. The molecule has 0 saturated heterocycles. The predicted molar refractivity (Wildman–Crippen MR) is 100 cm³/mol. The van der Waals surface area contributed by atoms with Crippen LogP contribution in [0.2, 0.25) is 0 Å². The number of amides is 2. The van der Waals surface area contributed by atoms with Gasteiger partial charge in [0, 0.05) is 0 Å². The fourth-order valence-corrected chi connectivity index (χ4v) is 2.73. The van der Waals surface area contributed by atoms with Crippen LogP contribution in [0.15, 0.2) is 66.9 Å². The van der Waals surface area contributed by atoms with E-state index in [1.165, 1.54) is 36.5 Å². The van der Waals surface area contributed by atoms with Gasteiger partial charge in [-0.25, -0.2) is 18.6 Å². The lowest BCUT2D eigenvalue weighted by atomic mass is 9.99. The van der Waals surface area contributed by atoms with E-state index in [2.05, 4.69) is 15.6 Å². The van der Waals surface area contributed by atoms with Crippen molar-refractivity contribution in [1.82, 2.24) is 10.3 Å². The van der Waals surface area contributed by atoms with Crippen molar-refractivity contribution in [3.05, 3.63) is 95.3 Å². The quantitative estimate of drug-likeness (QED) is 0.693. The molecule has 0 fully saturated rings. The Balaban J connectivity index is 1.77. The molecule has 0 aliphatic heterocycles. The maximum absolute atomic E-state index is 13.7. The molecule has 1 atom stereocenters. The van der Waals surface area contributed by atoms with Gasteiger partial charge in [-0.1, -0.05) is 24.3 Å². The van der Waals surface area contributed by atoms with E-state index in [4.69, 9.17) is 5.26 Å². The van der Waals surface area contributed by atoms with Crippen molar-refractivity contribution < 1.29 is 13.6 Å².